The van der Waals surface area contributed by atoms with Gasteiger partial charge in [0.1, 0.15) is 17.4 Å². The minimum atomic E-state index is -3.62. The third-order valence-electron chi connectivity index (χ3n) is 5.80. The number of methoxy groups -OCH3 is 1. The van der Waals surface area contributed by atoms with E-state index in [2.05, 4.69) is 29.2 Å². The van der Waals surface area contributed by atoms with Crippen molar-refractivity contribution in [2.75, 3.05) is 18.3 Å². The van der Waals surface area contributed by atoms with Crippen molar-refractivity contribution in [1.82, 2.24) is 19.9 Å². The second kappa shape index (κ2) is 15.7. The summed E-state index contributed by atoms with van der Waals surface area (Å²) in [5, 5.41) is 7.18. The van der Waals surface area contributed by atoms with Gasteiger partial charge >= 0.3 is 18.2 Å². The van der Waals surface area contributed by atoms with Crippen LogP contribution in [0.1, 0.15) is 68.7 Å². The van der Waals surface area contributed by atoms with E-state index in [1.807, 2.05) is 0 Å². The van der Waals surface area contributed by atoms with Crippen LogP contribution >= 0.6 is 11.6 Å². The van der Waals surface area contributed by atoms with Crippen LogP contribution in [0.4, 0.5) is 21.2 Å². The van der Waals surface area contributed by atoms with Crippen LogP contribution in [0.25, 0.3) is 5.65 Å². The minimum absolute atomic E-state index is 0.0132. The molecule has 0 aliphatic rings. The number of alkyl carbamates (subject to hydrolysis) is 1. The van der Waals surface area contributed by atoms with Crippen LogP contribution < -0.4 is 15.0 Å². The Balaban J connectivity index is 0.00000246. The van der Waals surface area contributed by atoms with E-state index < -0.39 is 51.3 Å². The van der Waals surface area contributed by atoms with Crippen LogP contribution in [0.2, 0.25) is 5.02 Å². The second-order valence-corrected chi connectivity index (χ2v) is 15.0. The van der Waals surface area contributed by atoms with Gasteiger partial charge in [-0.05, 0) is 50.5 Å². The smallest absolute Gasteiger partial charge is 0.424 e. The highest BCUT2D eigenvalue weighted by molar-refractivity contribution is 7.90. The van der Waals surface area contributed by atoms with E-state index in [9.17, 15) is 22.8 Å². The highest BCUT2D eigenvalue weighted by Crippen LogP contribution is 2.35. The summed E-state index contributed by atoms with van der Waals surface area (Å²) in [6.07, 6.45) is 0.364. The predicted molar refractivity (Wildman–Crippen MR) is 177 cm³/mol. The fraction of sp³-hybridized carbons (Fsp3) is 0.516. The lowest BCUT2D eigenvalue weighted by molar-refractivity contribution is -0.169. The molecule has 16 heteroatoms. The highest BCUT2D eigenvalue weighted by Gasteiger charge is 2.37. The molecular weight excluding hydrogens is 654 g/mol. The van der Waals surface area contributed by atoms with E-state index >= 15 is 0 Å². The quantitative estimate of drug-likeness (QED) is 0.207. The van der Waals surface area contributed by atoms with Crippen molar-refractivity contribution < 1.29 is 41.7 Å². The summed E-state index contributed by atoms with van der Waals surface area (Å²) in [6, 6.07) is 5.82. The topological polar surface area (TPSA) is 168 Å². The van der Waals surface area contributed by atoms with E-state index in [1.54, 1.807) is 53.7 Å². The number of aromatic nitrogens is 3. The van der Waals surface area contributed by atoms with E-state index in [0.29, 0.717) is 10.7 Å². The summed E-state index contributed by atoms with van der Waals surface area (Å²) in [5.41, 5.74) is -1.25. The molecule has 0 radical (unpaired) electrons. The number of carbonyl (C=O) groups excluding carboxylic acids is 3. The van der Waals surface area contributed by atoms with Crippen molar-refractivity contribution in [1.29, 1.82) is 0 Å². The molecule has 260 valence electrons. The molecule has 14 nitrogen and oxygen atoms in total. The maximum atomic E-state index is 13.7. The number of carbonyl (C=O) groups is 3. The van der Waals surface area contributed by atoms with Gasteiger partial charge in [0, 0.05) is 25.4 Å². The van der Waals surface area contributed by atoms with Crippen LogP contribution in [-0.4, -0.2) is 72.5 Å². The molecule has 0 aliphatic heterocycles. The summed E-state index contributed by atoms with van der Waals surface area (Å²) >= 11 is 6.08. The lowest BCUT2D eigenvalue weighted by Gasteiger charge is -2.31. The normalized spacial score (nSPS) is 13.0. The van der Waals surface area contributed by atoms with E-state index in [-0.39, 0.29) is 22.3 Å². The molecule has 0 spiro atoms. The first-order valence-electron chi connectivity index (χ1n) is 14.7. The maximum Gasteiger partial charge on any atom is 0.424 e. The molecule has 0 aliphatic carbocycles. The Bertz CT molecular complexity index is 1680. The Morgan fingerprint density at radius 2 is 1.66 bits per heavy atom. The molecule has 1 N–H and O–H groups in total. The number of rotatable bonds is 8. The first kappa shape index (κ1) is 39.1. The molecule has 2 aromatic heterocycles. The third kappa shape index (κ3) is 11.3. The molecule has 0 saturated heterocycles. The number of nitrogens with one attached hydrogen (secondary N) is 1. The minimum Gasteiger partial charge on any atom is -0.495 e. The molecule has 2 unspecified atom stereocenters. The number of amides is 2. The van der Waals surface area contributed by atoms with Crippen molar-refractivity contribution in [3.63, 3.8) is 0 Å². The average molecular weight is 698 g/mol. The Hall–Kier alpha value is -4.11. The van der Waals surface area contributed by atoms with Crippen molar-refractivity contribution in [3.8, 4) is 5.75 Å². The number of pyridine rings is 1. The van der Waals surface area contributed by atoms with Gasteiger partial charge < -0.3 is 24.3 Å². The summed E-state index contributed by atoms with van der Waals surface area (Å²) < 4.78 is 47.2. The second-order valence-electron chi connectivity index (χ2n) is 12.5. The monoisotopic (exact) mass is 697 g/mol. The zero-order valence-corrected chi connectivity index (χ0v) is 30.1. The summed E-state index contributed by atoms with van der Waals surface area (Å²) in [6.45, 7) is 15.7. The molecule has 3 rings (SSSR count). The number of anilines is 2. The Morgan fingerprint density at radius 3 is 2.19 bits per heavy atom. The number of ether oxygens (including phenoxy) is 4. The summed E-state index contributed by atoms with van der Waals surface area (Å²) in [7, 11) is -2.33. The Labute approximate surface area is 280 Å². The standard InChI is InChI=1S/C28H36ClN5O9S.C3H8/c1-16(41-23(35)22(27(2,3)4)31-25(36)43-28(5,6)7)42-26(37)34(24-30-21-13-10-17(29)15-33(21)32-24)19-12-11-18(44(9,38)39)14-20(19)40-8;1-3-2/h10-16,22H,1-9H3,(H,31,36);3H2,1-2H3. The maximum absolute atomic E-state index is 13.7. The van der Waals surface area contributed by atoms with Gasteiger partial charge in [0.05, 0.1) is 22.7 Å². The Morgan fingerprint density at radius 1 is 1.04 bits per heavy atom. The summed E-state index contributed by atoms with van der Waals surface area (Å²) in [4.78, 5) is 44.5. The summed E-state index contributed by atoms with van der Waals surface area (Å²) in [5.74, 6) is -1.08. The molecule has 47 heavy (non-hydrogen) atoms. The van der Waals surface area contributed by atoms with E-state index in [1.165, 1.54) is 49.4 Å². The molecule has 3 aromatic rings. The number of sulfone groups is 1. The first-order chi connectivity index (χ1) is 21.6. The first-order valence-corrected chi connectivity index (χ1v) is 17.0. The number of fused-ring (bicyclic) bond motifs is 1. The van der Waals surface area contributed by atoms with E-state index in [0.717, 1.165) is 11.2 Å². The van der Waals surface area contributed by atoms with Crippen LogP contribution in [0.15, 0.2) is 41.4 Å². The van der Waals surface area contributed by atoms with Crippen LogP contribution in [0.3, 0.4) is 0 Å². The van der Waals surface area contributed by atoms with Crippen molar-refractivity contribution in [2.24, 2.45) is 5.41 Å². The highest BCUT2D eigenvalue weighted by atomic mass is 35.5. The Kier molecular flexibility index (Phi) is 13.0. The molecule has 0 bridgehead atoms. The van der Waals surface area contributed by atoms with Gasteiger partial charge in [-0.15, -0.1) is 5.10 Å². The number of esters is 1. The SMILES string of the molecule is CCC.COc1cc(S(C)(=O)=O)ccc1N(C(=O)OC(C)OC(=O)C(NC(=O)OC(C)(C)C)C(C)(C)C)c1nc2ccc(Cl)cn2n1. The van der Waals surface area contributed by atoms with Crippen molar-refractivity contribution in [3.05, 3.63) is 41.6 Å². The number of hydrogen-bond donors (Lipinski definition) is 1. The molecule has 2 amide bonds. The molecule has 2 atom stereocenters. The molecule has 0 saturated carbocycles. The fourth-order valence-electron chi connectivity index (χ4n) is 3.81. The fourth-order valence-corrected chi connectivity index (χ4v) is 4.60. The average Bonchev–Trinajstić information content (AvgIpc) is 3.32. The van der Waals surface area contributed by atoms with Crippen molar-refractivity contribution in [2.45, 2.75) is 91.6 Å². The van der Waals surface area contributed by atoms with Crippen LogP contribution in [0, 0.1) is 5.41 Å². The number of halogens is 1. The molecule has 2 heterocycles. The van der Waals surface area contributed by atoms with Gasteiger partial charge in [-0.2, -0.15) is 4.98 Å². The van der Waals surface area contributed by atoms with Crippen LogP contribution in [0.5, 0.6) is 5.75 Å². The van der Waals surface area contributed by atoms with Gasteiger partial charge in [0.15, 0.2) is 15.5 Å². The zero-order chi connectivity index (χ0) is 35.9. The van der Waals surface area contributed by atoms with Gasteiger partial charge in [0.25, 0.3) is 5.95 Å². The number of nitrogens with zero attached hydrogens (tertiary/aromatic N) is 4. The van der Waals surface area contributed by atoms with Gasteiger partial charge in [-0.25, -0.2) is 32.2 Å². The predicted octanol–water partition coefficient (Wildman–Crippen LogP) is 6.31. The van der Waals surface area contributed by atoms with Gasteiger partial charge in [-0.1, -0.05) is 52.6 Å². The van der Waals surface area contributed by atoms with Crippen LogP contribution in [-0.2, 0) is 28.8 Å². The van der Waals surface area contributed by atoms with Gasteiger partial charge in [-0.3, -0.25) is 0 Å². The molecular formula is C31H44ClN5O9S. The zero-order valence-electron chi connectivity index (χ0n) is 28.6. The number of hydrogen-bond acceptors (Lipinski definition) is 11. The van der Waals surface area contributed by atoms with Crippen molar-refractivity contribution >= 4 is 56.9 Å². The lowest BCUT2D eigenvalue weighted by Crippen LogP contribution is -2.52. The van der Waals surface area contributed by atoms with Gasteiger partial charge in [0.2, 0.25) is 6.29 Å². The molecule has 0 fully saturated rings. The number of benzene rings is 1. The molecule has 1 aromatic carbocycles. The largest absolute Gasteiger partial charge is 0.495 e. The van der Waals surface area contributed by atoms with E-state index in [4.69, 9.17) is 30.5 Å². The lowest BCUT2D eigenvalue weighted by atomic mass is 9.87. The third-order valence-corrected chi connectivity index (χ3v) is 7.13.